The smallest absolute Gasteiger partial charge is 0.0524 e. The van der Waals surface area contributed by atoms with Gasteiger partial charge in [0.2, 0.25) is 0 Å². The summed E-state index contributed by atoms with van der Waals surface area (Å²) in [6, 6.07) is 0. The third kappa shape index (κ3) is 3.38. The van der Waals surface area contributed by atoms with E-state index in [1.165, 1.54) is 24.8 Å². The Morgan fingerprint density at radius 3 is 2.63 bits per heavy atom. The van der Waals surface area contributed by atoms with Crippen LogP contribution < -0.4 is 5.32 Å². The van der Waals surface area contributed by atoms with Gasteiger partial charge < -0.3 is 5.32 Å². The molecule has 1 N–H and O–H groups in total. The van der Waals surface area contributed by atoms with E-state index < -0.39 is 0 Å². The van der Waals surface area contributed by atoms with Crippen LogP contribution in [0.3, 0.4) is 0 Å². The van der Waals surface area contributed by atoms with Gasteiger partial charge in [0.1, 0.15) is 0 Å². The standard InChI is InChI=1S/C16H29N3/c1-16(2,3)14-7-6-12(9-17-4)15(8-14)13-10-18-19(5)11-13/h10-12,14-15,17H,6-9H2,1-5H3. The average Bonchev–Trinajstić information content (AvgIpc) is 2.75. The Bertz CT molecular complexity index is 402. The lowest BCUT2D eigenvalue weighted by Gasteiger charge is -2.41. The highest BCUT2D eigenvalue weighted by molar-refractivity contribution is 5.15. The van der Waals surface area contributed by atoms with E-state index in [0.29, 0.717) is 11.3 Å². The number of nitrogens with zero attached hydrogens (tertiary/aromatic N) is 2. The summed E-state index contributed by atoms with van der Waals surface area (Å²) >= 11 is 0. The van der Waals surface area contributed by atoms with Gasteiger partial charge in [-0.25, -0.2) is 0 Å². The van der Waals surface area contributed by atoms with Gasteiger partial charge in [-0.3, -0.25) is 4.68 Å². The predicted octanol–water partition coefficient (Wildman–Crippen LogP) is 3.19. The molecule has 2 rings (SSSR count). The van der Waals surface area contributed by atoms with Crippen molar-refractivity contribution in [3.05, 3.63) is 18.0 Å². The first-order valence-electron chi connectivity index (χ1n) is 7.55. The van der Waals surface area contributed by atoms with E-state index in [-0.39, 0.29) is 0 Å². The molecular weight excluding hydrogens is 234 g/mol. The second kappa shape index (κ2) is 5.66. The van der Waals surface area contributed by atoms with Gasteiger partial charge in [-0.05, 0) is 61.6 Å². The number of rotatable bonds is 3. The Hall–Kier alpha value is -0.830. The van der Waals surface area contributed by atoms with Crippen LogP contribution in [0.25, 0.3) is 0 Å². The maximum Gasteiger partial charge on any atom is 0.0524 e. The molecule has 1 saturated carbocycles. The molecule has 0 amide bonds. The van der Waals surface area contributed by atoms with Gasteiger partial charge in [0.15, 0.2) is 0 Å². The van der Waals surface area contributed by atoms with Gasteiger partial charge in [-0.1, -0.05) is 20.8 Å². The monoisotopic (exact) mass is 263 g/mol. The molecule has 1 aromatic rings. The highest BCUT2D eigenvalue weighted by atomic mass is 15.2. The Balaban J connectivity index is 2.17. The summed E-state index contributed by atoms with van der Waals surface area (Å²) in [6.07, 6.45) is 8.28. The zero-order valence-electron chi connectivity index (χ0n) is 13.1. The van der Waals surface area contributed by atoms with Gasteiger partial charge in [-0.15, -0.1) is 0 Å². The molecule has 1 aliphatic carbocycles. The fraction of sp³-hybridized carbons (Fsp3) is 0.812. The molecule has 1 fully saturated rings. The summed E-state index contributed by atoms with van der Waals surface area (Å²) < 4.78 is 1.94. The third-order valence-corrected chi connectivity index (χ3v) is 4.84. The van der Waals surface area contributed by atoms with Crippen molar-refractivity contribution in [1.29, 1.82) is 0 Å². The topological polar surface area (TPSA) is 29.9 Å². The van der Waals surface area contributed by atoms with Crippen LogP contribution in [0.15, 0.2) is 12.4 Å². The molecule has 1 aromatic heterocycles. The Morgan fingerprint density at radius 1 is 1.37 bits per heavy atom. The summed E-state index contributed by atoms with van der Waals surface area (Å²) in [5.41, 5.74) is 1.85. The summed E-state index contributed by atoms with van der Waals surface area (Å²) in [4.78, 5) is 0. The molecule has 0 aromatic carbocycles. The van der Waals surface area contributed by atoms with Crippen molar-refractivity contribution in [2.24, 2.45) is 24.3 Å². The fourth-order valence-electron chi connectivity index (χ4n) is 3.57. The largest absolute Gasteiger partial charge is 0.319 e. The molecule has 0 radical (unpaired) electrons. The average molecular weight is 263 g/mol. The van der Waals surface area contributed by atoms with Gasteiger partial charge in [0.05, 0.1) is 6.20 Å². The third-order valence-electron chi connectivity index (χ3n) is 4.84. The lowest BCUT2D eigenvalue weighted by Crippen LogP contribution is -2.34. The molecule has 3 unspecified atom stereocenters. The maximum atomic E-state index is 4.37. The number of aromatic nitrogens is 2. The highest BCUT2D eigenvalue weighted by Gasteiger charge is 2.36. The van der Waals surface area contributed by atoms with Crippen molar-refractivity contribution in [2.45, 2.75) is 46.0 Å². The molecule has 19 heavy (non-hydrogen) atoms. The minimum Gasteiger partial charge on any atom is -0.319 e. The molecule has 0 spiro atoms. The molecular formula is C16H29N3. The molecule has 0 bridgehead atoms. The Morgan fingerprint density at radius 2 is 2.11 bits per heavy atom. The molecule has 1 heterocycles. The van der Waals surface area contributed by atoms with E-state index in [1.54, 1.807) is 0 Å². The van der Waals surface area contributed by atoms with E-state index in [1.807, 2.05) is 11.7 Å². The number of nitrogens with one attached hydrogen (secondary N) is 1. The minimum atomic E-state index is 0.422. The lowest BCUT2D eigenvalue weighted by atomic mass is 9.64. The fourth-order valence-corrected chi connectivity index (χ4v) is 3.57. The zero-order chi connectivity index (χ0) is 14.0. The summed E-state index contributed by atoms with van der Waals surface area (Å²) in [5.74, 6) is 2.25. The lowest BCUT2D eigenvalue weighted by molar-refractivity contribution is 0.130. The van der Waals surface area contributed by atoms with Crippen molar-refractivity contribution in [2.75, 3.05) is 13.6 Å². The van der Waals surface area contributed by atoms with Crippen LogP contribution in [0, 0.1) is 17.3 Å². The van der Waals surface area contributed by atoms with Crippen LogP contribution in [0.2, 0.25) is 0 Å². The SMILES string of the molecule is CNCC1CCC(C(C)(C)C)CC1c1cnn(C)c1. The van der Waals surface area contributed by atoms with E-state index >= 15 is 0 Å². The molecule has 3 nitrogen and oxygen atoms in total. The summed E-state index contributed by atoms with van der Waals surface area (Å²) in [6.45, 7) is 8.28. The quantitative estimate of drug-likeness (QED) is 0.907. The molecule has 1 aliphatic rings. The summed E-state index contributed by atoms with van der Waals surface area (Å²) in [5, 5.41) is 7.74. The van der Waals surface area contributed by atoms with Crippen LogP contribution >= 0.6 is 0 Å². The second-order valence-electron chi connectivity index (χ2n) is 7.25. The molecule has 0 aliphatic heterocycles. The molecule has 108 valence electrons. The summed E-state index contributed by atoms with van der Waals surface area (Å²) in [7, 11) is 4.08. The van der Waals surface area contributed by atoms with Gasteiger partial charge in [-0.2, -0.15) is 5.10 Å². The first-order chi connectivity index (χ1) is 8.91. The normalized spacial score (nSPS) is 28.6. The van der Waals surface area contributed by atoms with Crippen LogP contribution in [0.1, 0.15) is 51.5 Å². The van der Waals surface area contributed by atoms with Crippen molar-refractivity contribution in [3.8, 4) is 0 Å². The van der Waals surface area contributed by atoms with Crippen molar-refractivity contribution in [1.82, 2.24) is 15.1 Å². The Kier molecular flexibility index (Phi) is 4.34. The van der Waals surface area contributed by atoms with Gasteiger partial charge in [0, 0.05) is 13.2 Å². The van der Waals surface area contributed by atoms with E-state index in [9.17, 15) is 0 Å². The number of aryl methyl sites for hydroxylation is 1. The van der Waals surface area contributed by atoms with E-state index in [4.69, 9.17) is 0 Å². The highest BCUT2D eigenvalue weighted by Crippen LogP contribution is 2.46. The molecule has 3 atom stereocenters. The molecule has 0 saturated heterocycles. The van der Waals surface area contributed by atoms with Gasteiger partial charge >= 0.3 is 0 Å². The van der Waals surface area contributed by atoms with Crippen molar-refractivity contribution >= 4 is 0 Å². The van der Waals surface area contributed by atoms with E-state index in [2.05, 4.69) is 50.6 Å². The van der Waals surface area contributed by atoms with Crippen LogP contribution in [0.5, 0.6) is 0 Å². The van der Waals surface area contributed by atoms with Crippen molar-refractivity contribution in [3.63, 3.8) is 0 Å². The second-order valence-corrected chi connectivity index (χ2v) is 7.25. The molecule has 3 heteroatoms. The van der Waals surface area contributed by atoms with Crippen LogP contribution in [0.4, 0.5) is 0 Å². The van der Waals surface area contributed by atoms with Crippen LogP contribution in [-0.4, -0.2) is 23.4 Å². The number of hydrogen-bond donors (Lipinski definition) is 1. The predicted molar refractivity (Wildman–Crippen MR) is 80.2 cm³/mol. The Labute approximate surface area is 117 Å². The first-order valence-corrected chi connectivity index (χ1v) is 7.55. The zero-order valence-corrected chi connectivity index (χ0v) is 13.1. The maximum absolute atomic E-state index is 4.37. The number of hydrogen-bond acceptors (Lipinski definition) is 2. The van der Waals surface area contributed by atoms with Gasteiger partial charge in [0.25, 0.3) is 0 Å². The van der Waals surface area contributed by atoms with Crippen molar-refractivity contribution < 1.29 is 0 Å². The van der Waals surface area contributed by atoms with Crippen LogP contribution in [-0.2, 0) is 7.05 Å². The first kappa shape index (κ1) is 14.6. The van der Waals surface area contributed by atoms with E-state index in [0.717, 1.165) is 18.4 Å². The minimum absolute atomic E-state index is 0.422.